The molecule has 1 aromatic carbocycles. The van der Waals surface area contributed by atoms with Gasteiger partial charge in [-0.15, -0.1) is 0 Å². The molecule has 1 aromatic rings. The molecule has 0 radical (unpaired) electrons. The first kappa shape index (κ1) is 16.6. The van der Waals surface area contributed by atoms with Crippen molar-refractivity contribution in [1.29, 1.82) is 0 Å². The zero-order valence-corrected chi connectivity index (χ0v) is 12.4. The van der Waals surface area contributed by atoms with Crippen LogP contribution in [0.4, 0.5) is 4.39 Å². The van der Waals surface area contributed by atoms with Crippen molar-refractivity contribution in [2.45, 2.75) is 38.1 Å². The van der Waals surface area contributed by atoms with Gasteiger partial charge in [-0.1, -0.05) is 32.9 Å². The number of nitrogens with one attached hydrogen (secondary N) is 1. The molecular formula is C13H18FNO4S. The van der Waals surface area contributed by atoms with E-state index in [2.05, 4.69) is 4.72 Å². The summed E-state index contributed by atoms with van der Waals surface area (Å²) in [6, 6.07) is 4.12. The van der Waals surface area contributed by atoms with Crippen molar-refractivity contribution in [2.24, 2.45) is 5.41 Å². The third-order valence-electron chi connectivity index (χ3n) is 2.85. The van der Waals surface area contributed by atoms with Crippen molar-refractivity contribution < 1.29 is 22.7 Å². The van der Waals surface area contributed by atoms with Gasteiger partial charge in [0.2, 0.25) is 10.0 Å². The topological polar surface area (TPSA) is 83.5 Å². The Morgan fingerprint density at radius 1 is 1.35 bits per heavy atom. The number of benzene rings is 1. The van der Waals surface area contributed by atoms with Gasteiger partial charge in [0.15, 0.2) is 0 Å². The molecule has 0 bridgehead atoms. The minimum atomic E-state index is -4.11. The van der Waals surface area contributed by atoms with E-state index in [0.29, 0.717) is 0 Å². The minimum Gasteiger partial charge on any atom is -0.481 e. The second-order valence-electron chi connectivity index (χ2n) is 5.57. The molecule has 1 atom stereocenters. The van der Waals surface area contributed by atoms with Crippen molar-refractivity contribution in [3.05, 3.63) is 30.1 Å². The molecule has 112 valence electrons. The lowest BCUT2D eigenvalue weighted by Gasteiger charge is -2.30. The van der Waals surface area contributed by atoms with Gasteiger partial charge in [0.1, 0.15) is 10.7 Å². The lowest BCUT2D eigenvalue weighted by atomic mass is 9.85. The molecule has 0 spiro atoms. The molecule has 0 aliphatic carbocycles. The molecule has 0 heterocycles. The van der Waals surface area contributed by atoms with E-state index in [9.17, 15) is 17.6 Å². The molecule has 1 rings (SSSR count). The normalized spacial score (nSPS) is 14.0. The third kappa shape index (κ3) is 4.28. The molecule has 2 N–H and O–H groups in total. The van der Waals surface area contributed by atoms with E-state index < -0.39 is 38.2 Å². The van der Waals surface area contributed by atoms with Crippen LogP contribution in [-0.2, 0) is 14.8 Å². The number of hydrogen-bond donors (Lipinski definition) is 2. The monoisotopic (exact) mass is 303 g/mol. The van der Waals surface area contributed by atoms with Gasteiger partial charge >= 0.3 is 5.97 Å². The summed E-state index contributed by atoms with van der Waals surface area (Å²) in [5.41, 5.74) is -0.614. The van der Waals surface area contributed by atoms with E-state index in [1.54, 1.807) is 20.8 Å². The summed E-state index contributed by atoms with van der Waals surface area (Å²) in [4.78, 5) is 10.4. The summed E-state index contributed by atoms with van der Waals surface area (Å²) in [7, 11) is -4.11. The fraction of sp³-hybridized carbons (Fsp3) is 0.462. The average molecular weight is 303 g/mol. The number of sulfonamides is 1. The number of carboxylic acid groups (broad SMARTS) is 1. The van der Waals surface area contributed by atoms with Crippen molar-refractivity contribution >= 4 is 16.0 Å². The minimum absolute atomic E-state index is 0.378. The van der Waals surface area contributed by atoms with Crippen LogP contribution in [0.15, 0.2) is 29.2 Å². The summed E-state index contributed by atoms with van der Waals surface area (Å²) >= 11 is 0. The molecule has 0 aliphatic heterocycles. The lowest BCUT2D eigenvalue weighted by Crippen LogP contribution is -2.45. The smallest absolute Gasteiger partial charge is 0.304 e. The molecule has 0 fully saturated rings. The number of aliphatic carboxylic acids is 1. The van der Waals surface area contributed by atoms with Crippen LogP contribution in [-0.4, -0.2) is 25.5 Å². The molecule has 7 heteroatoms. The second-order valence-corrected chi connectivity index (χ2v) is 7.25. The molecule has 0 aliphatic rings. The Morgan fingerprint density at radius 2 is 1.90 bits per heavy atom. The standard InChI is InChI=1S/C13H18FNO4S/c1-13(2,3)11(8-12(16)17)15-20(18,19)10-7-5-4-6-9(10)14/h4-7,11,15H,8H2,1-3H3,(H,16,17). The predicted molar refractivity (Wildman–Crippen MR) is 72.2 cm³/mol. The zero-order chi connectivity index (χ0) is 15.6. The first-order valence-corrected chi connectivity index (χ1v) is 7.51. The van der Waals surface area contributed by atoms with E-state index in [-0.39, 0.29) is 6.42 Å². The molecule has 0 saturated carbocycles. The van der Waals surface area contributed by atoms with Crippen LogP contribution >= 0.6 is 0 Å². The fourth-order valence-corrected chi connectivity index (χ4v) is 3.13. The number of halogens is 1. The summed E-state index contributed by atoms with van der Waals surface area (Å²) in [5, 5.41) is 8.86. The number of hydrogen-bond acceptors (Lipinski definition) is 3. The van der Waals surface area contributed by atoms with Crippen LogP contribution in [0.5, 0.6) is 0 Å². The van der Waals surface area contributed by atoms with Gasteiger partial charge in [0.25, 0.3) is 0 Å². The highest BCUT2D eigenvalue weighted by atomic mass is 32.2. The van der Waals surface area contributed by atoms with Crippen LogP contribution in [0, 0.1) is 11.2 Å². The molecule has 1 unspecified atom stereocenters. The van der Waals surface area contributed by atoms with Gasteiger partial charge < -0.3 is 5.11 Å². The summed E-state index contributed by atoms with van der Waals surface area (Å²) in [6.45, 7) is 5.14. The van der Waals surface area contributed by atoms with Crippen molar-refractivity contribution in [3.8, 4) is 0 Å². The SMILES string of the molecule is CC(C)(C)C(CC(=O)O)NS(=O)(=O)c1ccccc1F. The van der Waals surface area contributed by atoms with E-state index in [4.69, 9.17) is 5.11 Å². The number of carboxylic acids is 1. The van der Waals surface area contributed by atoms with E-state index in [0.717, 1.165) is 12.1 Å². The first-order chi connectivity index (χ1) is 9.04. The molecule has 0 amide bonds. The van der Waals surface area contributed by atoms with Gasteiger partial charge in [-0.25, -0.2) is 17.5 Å². The van der Waals surface area contributed by atoms with E-state index in [1.807, 2.05) is 0 Å². The summed E-state index contributed by atoms with van der Waals surface area (Å²) < 4.78 is 40.1. The second kappa shape index (κ2) is 5.88. The van der Waals surface area contributed by atoms with Crippen LogP contribution in [0.3, 0.4) is 0 Å². The maximum atomic E-state index is 13.6. The van der Waals surface area contributed by atoms with Gasteiger partial charge in [0.05, 0.1) is 6.42 Å². The molecule has 20 heavy (non-hydrogen) atoms. The molecule has 5 nitrogen and oxygen atoms in total. The number of rotatable bonds is 5. The highest BCUT2D eigenvalue weighted by Gasteiger charge is 2.32. The Hall–Kier alpha value is -1.47. The first-order valence-electron chi connectivity index (χ1n) is 6.02. The Bertz CT molecular complexity index is 593. The Balaban J connectivity index is 3.10. The van der Waals surface area contributed by atoms with Crippen molar-refractivity contribution in [3.63, 3.8) is 0 Å². The zero-order valence-electron chi connectivity index (χ0n) is 11.6. The quantitative estimate of drug-likeness (QED) is 0.871. The highest BCUT2D eigenvalue weighted by Crippen LogP contribution is 2.24. The van der Waals surface area contributed by atoms with Crippen LogP contribution in [0.25, 0.3) is 0 Å². The molecule has 0 aromatic heterocycles. The summed E-state index contributed by atoms with van der Waals surface area (Å²) in [6.07, 6.45) is -0.378. The maximum Gasteiger partial charge on any atom is 0.304 e. The maximum absolute atomic E-state index is 13.6. The van der Waals surface area contributed by atoms with Gasteiger partial charge in [-0.3, -0.25) is 4.79 Å². The summed E-state index contributed by atoms with van der Waals surface area (Å²) in [5.74, 6) is -2.00. The third-order valence-corrected chi connectivity index (χ3v) is 4.35. The van der Waals surface area contributed by atoms with Gasteiger partial charge in [-0.2, -0.15) is 0 Å². The lowest BCUT2D eigenvalue weighted by molar-refractivity contribution is -0.138. The van der Waals surface area contributed by atoms with Gasteiger partial charge in [0, 0.05) is 6.04 Å². The van der Waals surface area contributed by atoms with E-state index >= 15 is 0 Å². The Kier molecular flexibility index (Phi) is 4.88. The largest absolute Gasteiger partial charge is 0.481 e. The fourth-order valence-electron chi connectivity index (χ4n) is 1.61. The Labute approximate surface area is 117 Å². The molecular weight excluding hydrogens is 285 g/mol. The Morgan fingerprint density at radius 3 is 2.35 bits per heavy atom. The van der Waals surface area contributed by atoms with Crippen molar-refractivity contribution in [2.75, 3.05) is 0 Å². The van der Waals surface area contributed by atoms with Crippen LogP contribution < -0.4 is 4.72 Å². The van der Waals surface area contributed by atoms with Crippen LogP contribution in [0.1, 0.15) is 27.2 Å². The highest BCUT2D eigenvalue weighted by molar-refractivity contribution is 7.89. The van der Waals surface area contributed by atoms with Gasteiger partial charge in [-0.05, 0) is 17.5 Å². The predicted octanol–water partition coefficient (Wildman–Crippen LogP) is 1.99. The molecule has 0 saturated heterocycles. The van der Waals surface area contributed by atoms with E-state index in [1.165, 1.54) is 12.1 Å². The number of carbonyl (C=O) groups is 1. The average Bonchev–Trinajstić information content (AvgIpc) is 2.26. The van der Waals surface area contributed by atoms with Crippen LogP contribution in [0.2, 0.25) is 0 Å². The van der Waals surface area contributed by atoms with Crippen molar-refractivity contribution in [1.82, 2.24) is 4.72 Å².